The van der Waals surface area contributed by atoms with Gasteiger partial charge in [-0.2, -0.15) is 5.10 Å². The minimum atomic E-state index is -0.276. The molecule has 0 spiro atoms. The minimum Gasteiger partial charge on any atom is -0.497 e. The van der Waals surface area contributed by atoms with Crippen molar-refractivity contribution < 1.29 is 9.53 Å². The van der Waals surface area contributed by atoms with Gasteiger partial charge in [-0.05, 0) is 49.7 Å². The summed E-state index contributed by atoms with van der Waals surface area (Å²) in [5, 5.41) is 8.39. The van der Waals surface area contributed by atoms with Crippen LogP contribution in [0.5, 0.6) is 5.75 Å². The lowest BCUT2D eigenvalue weighted by Gasteiger charge is -2.35. The van der Waals surface area contributed by atoms with Crippen molar-refractivity contribution in [3.05, 3.63) is 70.1 Å². The molecule has 1 atom stereocenters. The van der Waals surface area contributed by atoms with Gasteiger partial charge in [0.1, 0.15) is 5.75 Å². The van der Waals surface area contributed by atoms with Crippen molar-refractivity contribution in [2.75, 3.05) is 26.7 Å². The fourth-order valence-corrected chi connectivity index (χ4v) is 4.25. The first-order valence-corrected chi connectivity index (χ1v) is 10.7. The standard InChI is InChI=1S/C24H28N4O3/c1-27-24(30)20-9-5-4-8-19(20)22(26-27)23(29)25-16-21(28-14-6-3-7-15-28)17-10-12-18(31-2)13-11-17/h4-5,8-13,21H,3,6-7,14-16H2,1-2H3,(H,25,29)/t21-/m0/s1. The normalized spacial score (nSPS) is 15.5. The van der Waals surface area contributed by atoms with Crippen LogP contribution in [0.1, 0.15) is 41.4 Å². The molecule has 0 unspecified atom stereocenters. The van der Waals surface area contributed by atoms with Gasteiger partial charge in [-0.1, -0.05) is 36.8 Å². The van der Waals surface area contributed by atoms with Crippen molar-refractivity contribution in [1.29, 1.82) is 0 Å². The highest BCUT2D eigenvalue weighted by molar-refractivity contribution is 6.04. The topological polar surface area (TPSA) is 76.5 Å². The fraction of sp³-hybridized carbons (Fsp3) is 0.375. The predicted molar refractivity (Wildman–Crippen MR) is 120 cm³/mol. The third kappa shape index (κ3) is 4.46. The van der Waals surface area contributed by atoms with E-state index in [4.69, 9.17) is 4.74 Å². The van der Waals surface area contributed by atoms with Crippen LogP contribution in [0.2, 0.25) is 0 Å². The molecule has 1 saturated heterocycles. The summed E-state index contributed by atoms with van der Waals surface area (Å²) < 4.78 is 6.52. The van der Waals surface area contributed by atoms with Crippen molar-refractivity contribution in [3.63, 3.8) is 0 Å². The molecule has 1 amide bonds. The second-order valence-electron chi connectivity index (χ2n) is 7.92. The Kier molecular flexibility index (Phi) is 6.32. The molecule has 4 rings (SSSR count). The summed E-state index contributed by atoms with van der Waals surface area (Å²) in [6.07, 6.45) is 3.56. The molecule has 7 heteroatoms. The van der Waals surface area contributed by atoms with Crippen molar-refractivity contribution in [1.82, 2.24) is 20.0 Å². The molecule has 3 aromatic rings. The zero-order chi connectivity index (χ0) is 21.8. The largest absolute Gasteiger partial charge is 0.497 e. The number of aryl methyl sites for hydroxylation is 1. The number of fused-ring (bicyclic) bond motifs is 1. The predicted octanol–water partition coefficient (Wildman–Crippen LogP) is 2.90. The number of nitrogens with one attached hydrogen (secondary N) is 1. The number of likely N-dealkylation sites (tertiary alicyclic amines) is 1. The van der Waals surface area contributed by atoms with E-state index in [2.05, 4.69) is 27.4 Å². The summed E-state index contributed by atoms with van der Waals surface area (Å²) in [4.78, 5) is 27.9. The number of methoxy groups -OCH3 is 1. The number of carbonyl (C=O) groups excluding carboxylic acids is 1. The zero-order valence-electron chi connectivity index (χ0n) is 18.0. The number of hydrogen-bond donors (Lipinski definition) is 1. The highest BCUT2D eigenvalue weighted by Crippen LogP contribution is 2.26. The molecule has 2 aromatic carbocycles. The smallest absolute Gasteiger partial charge is 0.274 e. The second kappa shape index (κ2) is 9.31. The van der Waals surface area contributed by atoms with Gasteiger partial charge in [0.25, 0.3) is 11.5 Å². The number of rotatable bonds is 6. The van der Waals surface area contributed by atoms with Crippen LogP contribution in [0.25, 0.3) is 10.8 Å². The molecule has 0 saturated carbocycles. The molecule has 162 valence electrons. The summed E-state index contributed by atoms with van der Waals surface area (Å²) in [6.45, 7) is 2.48. The van der Waals surface area contributed by atoms with E-state index in [0.717, 1.165) is 37.2 Å². The molecule has 1 aromatic heterocycles. The molecule has 1 aliphatic heterocycles. The second-order valence-corrected chi connectivity index (χ2v) is 7.92. The summed E-state index contributed by atoms with van der Waals surface area (Å²) >= 11 is 0. The molecular formula is C24H28N4O3. The fourth-order valence-electron chi connectivity index (χ4n) is 4.25. The summed E-state index contributed by atoms with van der Waals surface area (Å²) in [5.74, 6) is 0.536. The van der Waals surface area contributed by atoms with E-state index in [1.807, 2.05) is 18.2 Å². The van der Waals surface area contributed by atoms with E-state index in [0.29, 0.717) is 17.3 Å². The van der Waals surface area contributed by atoms with Crippen LogP contribution in [0.3, 0.4) is 0 Å². The van der Waals surface area contributed by atoms with Crippen LogP contribution < -0.4 is 15.6 Å². The van der Waals surface area contributed by atoms with Gasteiger partial charge in [0, 0.05) is 19.0 Å². The van der Waals surface area contributed by atoms with Gasteiger partial charge < -0.3 is 10.1 Å². The molecule has 1 N–H and O–H groups in total. The van der Waals surface area contributed by atoms with Gasteiger partial charge in [-0.25, -0.2) is 4.68 Å². The van der Waals surface area contributed by atoms with Gasteiger partial charge >= 0.3 is 0 Å². The molecule has 2 heterocycles. The molecular weight excluding hydrogens is 392 g/mol. The average molecular weight is 421 g/mol. The van der Waals surface area contributed by atoms with E-state index in [-0.39, 0.29) is 23.2 Å². The van der Waals surface area contributed by atoms with E-state index >= 15 is 0 Å². The Morgan fingerprint density at radius 1 is 1.06 bits per heavy atom. The Balaban J connectivity index is 1.59. The molecule has 0 bridgehead atoms. The first-order valence-electron chi connectivity index (χ1n) is 10.7. The monoisotopic (exact) mass is 420 g/mol. The number of aromatic nitrogens is 2. The lowest BCUT2D eigenvalue weighted by Crippen LogP contribution is -2.41. The first kappa shape index (κ1) is 21.1. The first-order chi connectivity index (χ1) is 15.1. The Morgan fingerprint density at radius 2 is 1.74 bits per heavy atom. The van der Waals surface area contributed by atoms with Gasteiger partial charge in [0.2, 0.25) is 0 Å². The van der Waals surface area contributed by atoms with Crippen molar-refractivity contribution in [2.45, 2.75) is 25.3 Å². The van der Waals surface area contributed by atoms with Crippen LogP contribution in [0, 0.1) is 0 Å². The summed E-state index contributed by atoms with van der Waals surface area (Å²) in [7, 11) is 3.22. The number of carbonyl (C=O) groups is 1. The Morgan fingerprint density at radius 3 is 2.42 bits per heavy atom. The summed E-state index contributed by atoms with van der Waals surface area (Å²) in [5.41, 5.74) is 1.20. The number of piperidine rings is 1. The third-order valence-electron chi connectivity index (χ3n) is 5.96. The van der Waals surface area contributed by atoms with Gasteiger partial charge in [0.15, 0.2) is 5.69 Å². The highest BCUT2D eigenvalue weighted by Gasteiger charge is 2.24. The van der Waals surface area contributed by atoms with E-state index in [1.54, 1.807) is 32.4 Å². The Labute approximate surface area is 181 Å². The van der Waals surface area contributed by atoms with Crippen molar-refractivity contribution >= 4 is 16.7 Å². The number of nitrogens with zero attached hydrogens (tertiary/aromatic N) is 3. The van der Waals surface area contributed by atoms with E-state index in [1.165, 1.54) is 11.1 Å². The maximum atomic E-state index is 13.1. The molecule has 7 nitrogen and oxygen atoms in total. The lowest BCUT2D eigenvalue weighted by molar-refractivity contribution is 0.0919. The zero-order valence-corrected chi connectivity index (χ0v) is 18.0. The van der Waals surface area contributed by atoms with Crippen LogP contribution in [0.4, 0.5) is 0 Å². The number of ether oxygens (including phenoxy) is 1. The van der Waals surface area contributed by atoms with Crippen LogP contribution in [0.15, 0.2) is 53.3 Å². The van der Waals surface area contributed by atoms with E-state index in [9.17, 15) is 9.59 Å². The number of benzene rings is 2. The third-order valence-corrected chi connectivity index (χ3v) is 5.96. The van der Waals surface area contributed by atoms with Crippen LogP contribution in [-0.2, 0) is 7.05 Å². The van der Waals surface area contributed by atoms with Gasteiger partial charge in [0.05, 0.1) is 18.5 Å². The average Bonchev–Trinajstić information content (AvgIpc) is 2.82. The Hall–Kier alpha value is -3.19. The number of hydrogen-bond acceptors (Lipinski definition) is 5. The van der Waals surface area contributed by atoms with Crippen molar-refractivity contribution in [3.8, 4) is 5.75 Å². The summed E-state index contributed by atoms with van der Waals surface area (Å²) in [6, 6.07) is 15.2. The van der Waals surface area contributed by atoms with Gasteiger partial charge in [-0.3, -0.25) is 14.5 Å². The minimum absolute atomic E-state index is 0.0638. The maximum Gasteiger partial charge on any atom is 0.274 e. The van der Waals surface area contributed by atoms with Gasteiger partial charge in [-0.15, -0.1) is 0 Å². The quantitative estimate of drug-likeness (QED) is 0.664. The van der Waals surface area contributed by atoms with E-state index < -0.39 is 0 Å². The van der Waals surface area contributed by atoms with Crippen LogP contribution in [-0.4, -0.2) is 47.3 Å². The van der Waals surface area contributed by atoms with Crippen LogP contribution >= 0.6 is 0 Å². The SMILES string of the molecule is COc1ccc([C@H](CNC(=O)c2nn(C)c(=O)c3ccccc23)N2CCCCC2)cc1. The molecule has 0 aliphatic carbocycles. The lowest BCUT2D eigenvalue weighted by atomic mass is 10.0. The van der Waals surface area contributed by atoms with Crippen molar-refractivity contribution in [2.24, 2.45) is 7.05 Å². The molecule has 1 aliphatic rings. The Bertz CT molecular complexity index is 1120. The molecule has 1 fully saturated rings. The highest BCUT2D eigenvalue weighted by atomic mass is 16.5. The number of amides is 1. The maximum absolute atomic E-state index is 13.1. The molecule has 0 radical (unpaired) electrons. The molecule has 31 heavy (non-hydrogen) atoms.